The van der Waals surface area contributed by atoms with Crippen LogP contribution in [0.4, 0.5) is 5.82 Å². The van der Waals surface area contributed by atoms with E-state index in [0.29, 0.717) is 42.0 Å². The number of benzene rings is 2. The summed E-state index contributed by atoms with van der Waals surface area (Å²) in [5.41, 5.74) is 0.749. The lowest BCUT2D eigenvalue weighted by Crippen LogP contribution is -2.49. The summed E-state index contributed by atoms with van der Waals surface area (Å²) in [7, 11) is 0. The summed E-state index contributed by atoms with van der Waals surface area (Å²) < 4.78 is 0. The minimum atomic E-state index is 0.0663. The van der Waals surface area contributed by atoms with Gasteiger partial charge in [-0.1, -0.05) is 59.6 Å². The molecule has 1 amide bonds. The maximum absolute atomic E-state index is 13.0. The summed E-state index contributed by atoms with van der Waals surface area (Å²) in [5, 5.41) is 3.12. The third-order valence-corrected chi connectivity index (χ3v) is 5.16. The van der Waals surface area contributed by atoms with Crippen molar-refractivity contribution < 1.29 is 4.79 Å². The number of aromatic nitrogens is 1. The largest absolute Gasteiger partial charge is 0.352 e. The molecule has 4 nitrogen and oxygen atoms in total. The van der Waals surface area contributed by atoms with E-state index < -0.39 is 0 Å². The van der Waals surface area contributed by atoms with Gasteiger partial charge in [0.05, 0.1) is 10.0 Å². The minimum absolute atomic E-state index is 0.0663. The van der Waals surface area contributed by atoms with Crippen LogP contribution in [-0.4, -0.2) is 42.0 Å². The Morgan fingerprint density at radius 2 is 1.69 bits per heavy atom. The Balaban J connectivity index is 1.51. The van der Waals surface area contributed by atoms with Gasteiger partial charge in [0.15, 0.2) is 0 Å². The molecule has 1 aliphatic heterocycles. The van der Waals surface area contributed by atoms with Crippen molar-refractivity contribution in [1.29, 1.82) is 0 Å². The number of fused-ring (bicyclic) bond motifs is 1. The van der Waals surface area contributed by atoms with Crippen molar-refractivity contribution in [2.24, 2.45) is 0 Å². The molecular weight excluding hydrogens is 369 g/mol. The lowest BCUT2D eigenvalue weighted by atomic mass is 10.0. The lowest BCUT2D eigenvalue weighted by molar-refractivity contribution is 0.0748. The second-order valence-corrected chi connectivity index (χ2v) is 7.11. The number of anilines is 1. The summed E-state index contributed by atoms with van der Waals surface area (Å²) in [6.45, 7) is 2.63. The molecule has 1 aliphatic rings. The predicted molar refractivity (Wildman–Crippen MR) is 106 cm³/mol. The number of carbonyl (C=O) groups excluding carboxylic acids is 1. The molecule has 2 heterocycles. The number of piperazine rings is 1. The summed E-state index contributed by atoms with van der Waals surface area (Å²) in [5.74, 6) is 0.782. The van der Waals surface area contributed by atoms with Crippen LogP contribution in [0.2, 0.25) is 10.0 Å². The zero-order valence-electron chi connectivity index (χ0n) is 14.0. The number of halogens is 2. The van der Waals surface area contributed by atoms with Crippen LogP contribution in [0.1, 0.15) is 10.4 Å². The van der Waals surface area contributed by atoms with E-state index in [1.165, 1.54) is 0 Å². The number of carbonyl (C=O) groups is 1. The van der Waals surface area contributed by atoms with Gasteiger partial charge >= 0.3 is 0 Å². The number of hydrogen-bond acceptors (Lipinski definition) is 3. The smallest absolute Gasteiger partial charge is 0.254 e. The van der Waals surface area contributed by atoms with E-state index in [-0.39, 0.29) is 5.91 Å². The fourth-order valence-corrected chi connectivity index (χ4v) is 3.84. The van der Waals surface area contributed by atoms with Gasteiger partial charge < -0.3 is 9.80 Å². The van der Waals surface area contributed by atoms with Crippen LogP contribution >= 0.6 is 23.2 Å². The van der Waals surface area contributed by atoms with Gasteiger partial charge in [-0.3, -0.25) is 4.79 Å². The van der Waals surface area contributed by atoms with Crippen LogP contribution < -0.4 is 4.90 Å². The first-order chi connectivity index (χ1) is 12.6. The number of pyridine rings is 1. The van der Waals surface area contributed by atoms with E-state index in [2.05, 4.69) is 9.88 Å². The normalized spacial score (nSPS) is 14.7. The first-order valence-electron chi connectivity index (χ1n) is 8.46. The number of hydrogen-bond donors (Lipinski definition) is 0. The zero-order chi connectivity index (χ0) is 18.1. The molecule has 3 aromatic rings. The van der Waals surface area contributed by atoms with Crippen LogP contribution in [0.3, 0.4) is 0 Å². The van der Waals surface area contributed by atoms with Crippen LogP contribution in [0, 0.1) is 0 Å². The molecule has 0 aliphatic carbocycles. The van der Waals surface area contributed by atoms with Crippen LogP contribution in [0.25, 0.3) is 10.8 Å². The number of amides is 1. The highest BCUT2D eigenvalue weighted by molar-refractivity contribution is 6.36. The Kier molecular flexibility index (Phi) is 4.70. The van der Waals surface area contributed by atoms with Crippen molar-refractivity contribution in [2.75, 3.05) is 31.1 Å². The molecular formula is C20H17Cl2N3O. The van der Waals surface area contributed by atoms with E-state index in [1.54, 1.807) is 12.3 Å². The van der Waals surface area contributed by atoms with Gasteiger partial charge in [-0.2, -0.15) is 0 Å². The molecule has 1 saturated heterocycles. The highest BCUT2D eigenvalue weighted by Crippen LogP contribution is 2.27. The molecule has 0 unspecified atom stereocenters. The lowest BCUT2D eigenvalue weighted by Gasteiger charge is -2.36. The van der Waals surface area contributed by atoms with Crippen LogP contribution in [0.15, 0.2) is 54.7 Å². The van der Waals surface area contributed by atoms with Gasteiger partial charge in [0, 0.05) is 37.9 Å². The monoisotopic (exact) mass is 385 g/mol. The summed E-state index contributed by atoms with van der Waals surface area (Å²) in [6.07, 6.45) is 1.59. The maximum atomic E-state index is 13.0. The molecule has 0 bridgehead atoms. The fraction of sp³-hybridized carbons (Fsp3) is 0.200. The van der Waals surface area contributed by atoms with Crippen molar-refractivity contribution in [3.63, 3.8) is 0 Å². The fourth-order valence-electron chi connectivity index (χ4n) is 3.34. The summed E-state index contributed by atoms with van der Waals surface area (Å²) in [6, 6.07) is 15.5. The summed E-state index contributed by atoms with van der Waals surface area (Å²) >= 11 is 12.2. The van der Waals surface area contributed by atoms with Crippen molar-refractivity contribution in [3.8, 4) is 0 Å². The Morgan fingerprint density at radius 3 is 2.46 bits per heavy atom. The average molecular weight is 386 g/mol. The van der Waals surface area contributed by atoms with Crippen LogP contribution in [0.5, 0.6) is 0 Å². The van der Waals surface area contributed by atoms with E-state index in [0.717, 1.165) is 16.3 Å². The van der Waals surface area contributed by atoms with E-state index >= 15 is 0 Å². The Bertz CT molecular complexity index is 963. The molecule has 0 N–H and O–H groups in total. The van der Waals surface area contributed by atoms with Crippen molar-refractivity contribution in [1.82, 2.24) is 9.88 Å². The van der Waals surface area contributed by atoms with E-state index in [1.807, 2.05) is 47.4 Å². The predicted octanol–water partition coefficient (Wildman–Crippen LogP) is 4.50. The first-order valence-corrected chi connectivity index (χ1v) is 9.22. The Hall–Kier alpha value is -2.30. The quantitative estimate of drug-likeness (QED) is 0.651. The molecule has 0 saturated carbocycles. The van der Waals surface area contributed by atoms with E-state index in [4.69, 9.17) is 23.2 Å². The molecule has 26 heavy (non-hydrogen) atoms. The number of rotatable bonds is 2. The Labute approximate surface area is 161 Å². The highest BCUT2D eigenvalue weighted by atomic mass is 35.5. The third kappa shape index (κ3) is 3.22. The first kappa shape index (κ1) is 17.1. The van der Waals surface area contributed by atoms with Crippen molar-refractivity contribution in [3.05, 3.63) is 70.3 Å². The summed E-state index contributed by atoms with van der Waals surface area (Å²) in [4.78, 5) is 21.3. The standard InChI is InChI=1S/C20H17Cl2N3O/c21-15-12-18(22)19(23-13-15)24-8-10-25(11-9-24)20(26)17-7-3-5-14-4-1-2-6-16(14)17/h1-7,12-13H,8-11H2. The molecule has 0 spiro atoms. The number of nitrogens with zero attached hydrogens (tertiary/aromatic N) is 3. The molecule has 132 valence electrons. The maximum Gasteiger partial charge on any atom is 0.254 e. The molecule has 0 atom stereocenters. The van der Waals surface area contributed by atoms with E-state index in [9.17, 15) is 4.79 Å². The Morgan fingerprint density at radius 1 is 0.962 bits per heavy atom. The molecule has 6 heteroatoms. The van der Waals surface area contributed by atoms with Gasteiger partial charge in [0.25, 0.3) is 5.91 Å². The van der Waals surface area contributed by atoms with Gasteiger partial charge in [0.1, 0.15) is 5.82 Å². The van der Waals surface area contributed by atoms with Crippen molar-refractivity contribution in [2.45, 2.75) is 0 Å². The molecule has 4 rings (SSSR count). The minimum Gasteiger partial charge on any atom is -0.352 e. The second-order valence-electron chi connectivity index (χ2n) is 6.26. The van der Waals surface area contributed by atoms with Gasteiger partial charge in [-0.15, -0.1) is 0 Å². The molecule has 0 radical (unpaired) electrons. The molecule has 1 fully saturated rings. The topological polar surface area (TPSA) is 36.4 Å². The SMILES string of the molecule is O=C(c1cccc2ccccc12)N1CCN(c2ncc(Cl)cc2Cl)CC1. The second kappa shape index (κ2) is 7.14. The van der Waals surface area contributed by atoms with Gasteiger partial charge in [-0.25, -0.2) is 4.98 Å². The molecule has 1 aromatic heterocycles. The van der Waals surface area contributed by atoms with Crippen molar-refractivity contribution >= 4 is 45.7 Å². The average Bonchev–Trinajstić information content (AvgIpc) is 2.67. The third-order valence-electron chi connectivity index (χ3n) is 4.67. The van der Waals surface area contributed by atoms with Crippen LogP contribution in [-0.2, 0) is 0 Å². The van der Waals surface area contributed by atoms with Gasteiger partial charge in [0.2, 0.25) is 0 Å². The highest BCUT2D eigenvalue weighted by Gasteiger charge is 2.24. The van der Waals surface area contributed by atoms with Gasteiger partial charge in [-0.05, 0) is 22.9 Å². The zero-order valence-corrected chi connectivity index (χ0v) is 15.5. The molecule has 2 aromatic carbocycles.